The van der Waals surface area contributed by atoms with Crippen molar-refractivity contribution in [3.05, 3.63) is 24.3 Å². The van der Waals surface area contributed by atoms with Gasteiger partial charge < -0.3 is 10.0 Å². The highest BCUT2D eigenvalue weighted by Gasteiger charge is 2.35. The van der Waals surface area contributed by atoms with E-state index < -0.39 is 0 Å². The molecule has 1 amide bonds. The summed E-state index contributed by atoms with van der Waals surface area (Å²) in [6.45, 7) is 7.08. The molecule has 6 heteroatoms. The van der Waals surface area contributed by atoms with E-state index in [0.29, 0.717) is 25.2 Å². The molecule has 1 saturated heterocycles. The van der Waals surface area contributed by atoms with Crippen LogP contribution < -0.4 is 0 Å². The van der Waals surface area contributed by atoms with Crippen LogP contribution in [0.3, 0.4) is 0 Å². The van der Waals surface area contributed by atoms with Gasteiger partial charge in [-0.1, -0.05) is 6.08 Å². The Labute approximate surface area is 125 Å². The van der Waals surface area contributed by atoms with Crippen LogP contribution in [0.5, 0.6) is 0 Å². The summed E-state index contributed by atoms with van der Waals surface area (Å²) in [7, 11) is 0. The maximum absolute atomic E-state index is 12.3. The summed E-state index contributed by atoms with van der Waals surface area (Å²) in [6, 6.07) is 0. The van der Waals surface area contributed by atoms with E-state index in [1.165, 1.54) is 0 Å². The van der Waals surface area contributed by atoms with Crippen molar-refractivity contribution in [1.29, 1.82) is 0 Å². The quantitative estimate of drug-likeness (QED) is 0.772. The van der Waals surface area contributed by atoms with Crippen LogP contribution in [0.15, 0.2) is 12.7 Å². The second-order valence-electron chi connectivity index (χ2n) is 5.91. The van der Waals surface area contributed by atoms with Gasteiger partial charge in [0.1, 0.15) is 5.82 Å². The first kappa shape index (κ1) is 15.7. The summed E-state index contributed by atoms with van der Waals surface area (Å²) in [5, 5.41) is 16.5. The van der Waals surface area contributed by atoms with Crippen molar-refractivity contribution >= 4 is 5.91 Å². The molecule has 21 heavy (non-hydrogen) atoms. The van der Waals surface area contributed by atoms with Gasteiger partial charge in [0.05, 0.1) is 6.61 Å². The zero-order valence-electron chi connectivity index (χ0n) is 12.6. The van der Waals surface area contributed by atoms with Gasteiger partial charge in [0.15, 0.2) is 5.82 Å². The molecule has 0 aromatic carbocycles. The minimum atomic E-state index is -0.211. The second-order valence-corrected chi connectivity index (χ2v) is 5.91. The van der Waals surface area contributed by atoms with E-state index >= 15 is 0 Å². The standard InChI is InChI=1S/C15H24N4O2/c1-3-7-15(11-20)8-4-9-19(10-15)14(21)6-5-13-16-12(2)17-18-13/h3,20H,1,4-11H2,2H3,(H,16,17,18)/t15-/m1/s1. The van der Waals surface area contributed by atoms with E-state index in [4.69, 9.17) is 0 Å². The fourth-order valence-corrected chi connectivity index (χ4v) is 2.96. The minimum Gasteiger partial charge on any atom is -0.396 e. The molecule has 1 fully saturated rings. The Kier molecular flexibility index (Phi) is 5.12. The number of hydrogen-bond acceptors (Lipinski definition) is 4. The number of aliphatic hydroxyl groups is 1. The third kappa shape index (κ3) is 3.91. The van der Waals surface area contributed by atoms with E-state index in [0.717, 1.165) is 31.6 Å². The molecule has 1 aliphatic heterocycles. The van der Waals surface area contributed by atoms with Crippen molar-refractivity contribution in [3.63, 3.8) is 0 Å². The van der Waals surface area contributed by atoms with Crippen LogP contribution >= 0.6 is 0 Å². The summed E-state index contributed by atoms with van der Waals surface area (Å²) in [6.07, 6.45) is 5.41. The molecule has 1 aliphatic rings. The number of likely N-dealkylation sites (tertiary alicyclic amines) is 1. The van der Waals surface area contributed by atoms with Crippen molar-refractivity contribution in [3.8, 4) is 0 Å². The number of piperidine rings is 1. The second kappa shape index (κ2) is 6.85. The van der Waals surface area contributed by atoms with Crippen LogP contribution in [0.2, 0.25) is 0 Å². The number of aromatic nitrogens is 3. The third-order valence-electron chi connectivity index (χ3n) is 4.13. The molecule has 2 rings (SSSR count). The average molecular weight is 292 g/mol. The summed E-state index contributed by atoms with van der Waals surface area (Å²) < 4.78 is 0. The van der Waals surface area contributed by atoms with Gasteiger partial charge in [0.25, 0.3) is 0 Å². The van der Waals surface area contributed by atoms with Crippen molar-refractivity contribution < 1.29 is 9.90 Å². The number of aryl methyl sites for hydroxylation is 2. The summed E-state index contributed by atoms with van der Waals surface area (Å²) in [4.78, 5) is 18.4. The number of H-pyrrole nitrogens is 1. The number of carbonyl (C=O) groups is 1. The lowest BCUT2D eigenvalue weighted by Crippen LogP contribution is -2.47. The lowest BCUT2D eigenvalue weighted by molar-refractivity contribution is -0.135. The zero-order valence-corrected chi connectivity index (χ0v) is 12.6. The number of hydrogen-bond donors (Lipinski definition) is 2. The lowest BCUT2D eigenvalue weighted by Gasteiger charge is -2.41. The highest BCUT2D eigenvalue weighted by molar-refractivity contribution is 5.76. The van der Waals surface area contributed by atoms with Gasteiger partial charge in [0.2, 0.25) is 5.91 Å². The Hall–Kier alpha value is -1.69. The molecule has 0 radical (unpaired) electrons. The van der Waals surface area contributed by atoms with Gasteiger partial charge in [-0.3, -0.25) is 9.89 Å². The lowest BCUT2D eigenvalue weighted by atomic mass is 9.77. The highest BCUT2D eigenvalue weighted by Crippen LogP contribution is 2.33. The summed E-state index contributed by atoms with van der Waals surface area (Å²) in [5.74, 6) is 1.55. The molecule has 2 heterocycles. The molecule has 0 saturated carbocycles. The largest absolute Gasteiger partial charge is 0.396 e. The molecule has 1 aromatic rings. The van der Waals surface area contributed by atoms with E-state index in [1.807, 2.05) is 17.9 Å². The number of carbonyl (C=O) groups excluding carboxylic acids is 1. The number of aliphatic hydroxyl groups excluding tert-OH is 1. The molecule has 0 spiro atoms. The zero-order chi connectivity index (χ0) is 15.3. The molecule has 116 valence electrons. The van der Waals surface area contributed by atoms with Crippen molar-refractivity contribution in [1.82, 2.24) is 20.1 Å². The number of rotatable bonds is 6. The normalized spacial score (nSPS) is 22.3. The first-order valence-corrected chi connectivity index (χ1v) is 7.46. The van der Waals surface area contributed by atoms with E-state index in [-0.39, 0.29) is 17.9 Å². The molecular weight excluding hydrogens is 268 g/mol. The highest BCUT2D eigenvalue weighted by atomic mass is 16.3. The summed E-state index contributed by atoms with van der Waals surface area (Å²) in [5.41, 5.74) is -0.211. The van der Waals surface area contributed by atoms with Crippen LogP contribution in [0, 0.1) is 12.3 Å². The van der Waals surface area contributed by atoms with Gasteiger partial charge in [-0.2, -0.15) is 5.10 Å². The topological polar surface area (TPSA) is 82.1 Å². The monoisotopic (exact) mass is 292 g/mol. The van der Waals surface area contributed by atoms with Crippen LogP contribution in [0.25, 0.3) is 0 Å². The Bertz CT molecular complexity index is 500. The fraction of sp³-hybridized carbons (Fsp3) is 0.667. The molecule has 1 aromatic heterocycles. The molecular formula is C15H24N4O2. The van der Waals surface area contributed by atoms with E-state index in [9.17, 15) is 9.90 Å². The summed E-state index contributed by atoms with van der Waals surface area (Å²) >= 11 is 0. The Balaban J connectivity index is 1.90. The number of allylic oxidation sites excluding steroid dienone is 1. The van der Waals surface area contributed by atoms with Gasteiger partial charge in [-0.05, 0) is 26.2 Å². The van der Waals surface area contributed by atoms with Gasteiger partial charge in [-0.15, -0.1) is 6.58 Å². The molecule has 6 nitrogen and oxygen atoms in total. The van der Waals surface area contributed by atoms with Crippen molar-refractivity contribution in [2.75, 3.05) is 19.7 Å². The molecule has 1 atom stereocenters. The molecule has 2 N–H and O–H groups in total. The number of aromatic amines is 1. The maximum atomic E-state index is 12.3. The smallest absolute Gasteiger partial charge is 0.223 e. The van der Waals surface area contributed by atoms with Crippen molar-refractivity contribution in [2.45, 2.75) is 39.0 Å². The van der Waals surface area contributed by atoms with E-state index in [1.54, 1.807) is 0 Å². The number of nitrogens with zero attached hydrogens (tertiary/aromatic N) is 3. The maximum Gasteiger partial charge on any atom is 0.223 e. The fourth-order valence-electron chi connectivity index (χ4n) is 2.96. The van der Waals surface area contributed by atoms with Crippen LogP contribution in [0.1, 0.15) is 37.3 Å². The first-order chi connectivity index (χ1) is 10.1. The minimum absolute atomic E-state index is 0.100. The van der Waals surface area contributed by atoms with Gasteiger partial charge in [-0.25, -0.2) is 4.98 Å². The molecule has 0 bridgehead atoms. The predicted molar refractivity (Wildman–Crippen MR) is 79.6 cm³/mol. The Morgan fingerprint density at radius 1 is 1.62 bits per heavy atom. The van der Waals surface area contributed by atoms with Crippen LogP contribution in [-0.4, -0.2) is 50.8 Å². The first-order valence-electron chi connectivity index (χ1n) is 7.46. The van der Waals surface area contributed by atoms with Gasteiger partial charge in [0, 0.05) is 31.3 Å². The molecule has 0 unspecified atom stereocenters. The third-order valence-corrected chi connectivity index (χ3v) is 4.13. The van der Waals surface area contributed by atoms with E-state index in [2.05, 4.69) is 21.8 Å². The van der Waals surface area contributed by atoms with Crippen molar-refractivity contribution in [2.24, 2.45) is 5.41 Å². The number of nitrogens with one attached hydrogen (secondary N) is 1. The average Bonchev–Trinajstić information content (AvgIpc) is 2.91. The van der Waals surface area contributed by atoms with Crippen LogP contribution in [0.4, 0.5) is 0 Å². The van der Waals surface area contributed by atoms with Crippen LogP contribution in [-0.2, 0) is 11.2 Å². The Morgan fingerprint density at radius 2 is 2.43 bits per heavy atom. The number of amides is 1. The SMILES string of the molecule is C=CC[C@@]1(CO)CCCN(C(=O)CCc2n[nH]c(C)n2)C1. The Morgan fingerprint density at radius 3 is 3.05 bits per heavy atom. The molecule has 0 aliphatic carbocycles. The predicted octanol–water partition coefficient (Wildman–Crippen LogP) is 1.22. The van der Waals surface area contributed by atoms with Gasteiger partial charge >= 0.3 is 0 Å².